The predicted octanol–water partition coefficient (Wildman–Crippen LogP) is 3.66. The molecule has 0 unspecified atom stereocenters. The first-order valence-corrected chi connectivity index (χ1v) is 13.8. The second-order valence-electron chi connectivity index (χ2n) is 9.83. The number of benzene rings is 2. The molecule has 36 heavy (non-hydrogen) atoms. The van der Waals surface area contributed by atoms with Gasteiger partial charge < -0.3 is 14.7 Å². The summed E-state index contributed by atoms with van der Waals surface area (Å²) < 4.78 is 48.9. The number of likely N-dealkylation sites (tertiary alicyclic amines) is 1. The van der Waals surface area contributed by atoms with Gasteiger partial charge in [0.05, 0.1) is 17.2 Å². The van der Waals surface area contributed by atoms with Crippen LogP contribution < -0.4 is 9.46 Å². The molecule has 2 aromatic rings. The fourth-order valence-corrected chi connectivity index (χ4v) is 6.72. The molecule has 192 valence electrons. The number of Topliss-reactive ketones (excluding diaryl/α,β-unsaturated/α-hetero) is 1. The van der Waals surface area contributed by atoms with Crippen molar-refractivity contribution in [3.8, 4) is 5.75 Å². The number of carbonyl (C=O) groups is 2. The standard InChI is InChI=1S/C26H29FN2O6S/c1-2-29-10-9-16(13-29)22(30)7-3-15-11-18(27)4-8-23(15)36(33,34)28-21-6-5-19-20-12-17(20)14-35-25(19)24(21)26(31)32/h4-6,8,11,16-17,20,28H,2-3,7,9-10,12-14H2,1H3,(H,31,32)/t16-,17-,20-/m0/s1. The van der Waals surface area contributed by atoms with E-state index in [-0.39, 0.29) is 57.9 Å². The highest BCUT2D eigenvalue weighted by atomic mass is 32.2. The van der Waals surface area contributed by atoms with Crippen LogP contribution >= 0.6 is 0 Å². The molecule has 1 saturated heterocycles. The Hall–Kier alpha value is -2.98. The molecule has 5 rings (SSSR count). The van der Waals surface area contributed by atoms with E-state index in [1.165, 1.54) is 6.07 Å². The number of carboxylic acids is 1. The molecule has 2 aliphatic heterocycles. The molecule has 0 bridgehead atoms. The SMILES string of the molecule is CCN1CC[C@H](C(=O)CCc2cc(F)ccc2S(=O)(=O)Nc2ccc3c(c2C(=O)O)OC[C@@H]2C[C@H]32)C1. The summed E-state index contributed by atoms with van der Waals surface area (Å²) in [6.45, 7) is 4.85. The maximum absolute atomic E-state index is 14.1. The summed E-state index contributed by atoms with van der Waals surface area (Å²) in [4.78, 5) is 26.8. The third-order valence-electron chi connectivity index (χ3n) is 7.54. The Morgan fingerprint density at radius 3 is 2.78 bits per heavy atom. The number of nitrogens with zero attached hydrogens (tertiary/aromatic N) is 1. The van der Waals surface area contributed by atoms with Crippen molar-refractivity contribution >= 4 is 27.5 Å². The largest absolute Gasteiger partial charge is 0.492 e. The van der Waals surface area contributed by atoms with Gasteiger partial charge in [-0.15, -0.1) is 0 Å². The number of sulfonamides is 1. The molecule has 2 heterocycles. The van der Waals surface area contributed by atoms with Gasteiger partial charge in [-0.1, -0.05) is 13.0 Å². The van der Waals surface area contributed by atoms with Crippen LogP contribution in [-0.4, -0.2) is 56.4 Å². The fraction of sp³-hybridized carbons (Fsp3) is 0.462. The number of rotatable bonds is 9. The first-order valence-electron chi connectivity index (χ1n) is 12.3. The number of carboxylic acid groups (broad SMARTS) is 1. The highest BCUT2D eigenvalue weighted by Gasteiger charge is 2.45. The third-order valence-corrected chi connectivity index (χ3v) is 9.00. The number of nitrogens with one attached hydrogen (secondary N) is 1. The summed E-state index contributed by atoms with van der Waals surface area (Å²) in [5.41, 5.74) is 0.605. The molecule has 1 aliphatic carbocycles. The van der Waals surface area contributed by atoms with Gasteiger partial charge in [-0.3, -0.25) is 9.52 Å². The number of ether oxygens (including phenoxy) is 1. The molecule has 8 nitrogen and oxygen atoms in total. The smallest absolute Gasteiger partial charge is 0.341 e. The van der Waals surface area contributed by atoms with E-state index < -0.39 is 21.8 Å². The van der Waals surface area contributed by atoms with Crippen molar-refractivity contribution < 1.29 is 32.2 Å². The Kier molecular flexibility index (Phi) is 6.50. The van der Waals surface area contributed by atoms with Crippen molar-refractivity contribution in [2.75, 3.05) is 31.0 Å². The lowest BCUT2D eigenvalue weighted by molar-refractivity contribution is -0.122. The zero-order valence-corrected chi connectivity index (χ0v) is 20.8. The van der Waals surface area contributed by atoms with E-state index in [9.17, 15) is 27.5 Å². The van der Waals surface area contributed by atoms with Crippen molar-refractivity contribution in [3.05, 3.63) is 52.8 Å². The van der Waals surface area contributed by atoms with Crippen molar-refractivity contribution in [1.82, 2.24) is 4.90 Å². The van der Waals surface area contributed by atoms with E-state index in [1.54, 1.807) is 6.07 Å². The van der Waals surface area contributed by atoms with Crippen LogP contribution in [0.5, 0.6) is 5.75 Å². The maximum Gasteiger partial charge on any atom is 0.341 e. The van der Waals surface area contributed by atoms with Crippen LogP contribution in [-0.2, 0) is 21.2 Å². The number of anilines is 1. The molecular formula is C26H29FN2O6S. The molecule has 3 atom stereocenters. The molecule has 0 radical (unpaired) electrons. The van der Waals surface area contributed by atoms with Gasteiger partial charge in [0.25, 0.3) is 10.0 Å². The highest BCUT2D eigenvalue weighted by Crippen LogP contribution is 2.55. The number of fused-ring (bicyclic) bond motifs is 3. The van der Waals surface area contributed by atoms with Gasteiger partial charge in [-0.2, -0.15) is 0 Å². The highest BCUT2D eigenvalue weighted by molar-refractivity contribution is 7.92. The number of hydrogen-bond acceptors (Lipinski definition) is 6. The minimum absolute atomic E-state index is 0.0323. The number of aryl methyl sites for hydroxylation is 1. The molecule has 2 N–H and O–H groups in total. The lowest BCUT2D eigenvalue weighted by Crippen LogP contribution is -2.23. The molecule has 0 aromatic heterocycles. The van der Waals surface area contributed by atoms with Crippen molar-refractivity contribution in [3.63, 3.8) is 0 Å². The Morgan fingerprint density at radius 2 is 2.06 bits per heavy atom. The third kappa shape index (κ3) is 4.71. The van der Waals surface area contributed by atoms with E-state index in [0.717, 1.165) is 49.7 Å². The maximum atomic E-state index is 14.1. The summed E-state index contributed by atoms with van der Waals surface area (Å²) >= 11 is 0. The van der Waals surface area contributed by atoms with Crippen molar-refractivity contribution in [2.45, 2.75) is 43.4 Å². The Balaban J connectivity index is 1.39. The summed E-state index contributed by atoms with van der Waals surface area (Å²) in [6, 6.07) is 6.45. The normalized spacial score (nSPS) is 22.9. The van der Waals surface area contributed by atoms with E-state index in [1.807, 2.05) is 6.92 Å². The molecule has 2 fully saturated rings. The Labute approximate surface area is 209 Å². The second kappa shape index (κ2) is 9.48. The topological polar surface area (TPSA) is 113 Å². The number of hydrogen-bond donors (Lipinski definition) is 2. The van der Waals surface area contributed by atoms with Gasteiger partial charge in [-0.25, -0.2) is 17.6 Å². The number of halogens is 1. The number of carbonyl (C=O) groups excluding carboxylic acids is 1. The zero-order valence-electron chi connectivity index (χ0n) is 20.0. The summed E-state index contributed by atoms with van der Waals surface area (Å²) in [7, 11) is -4.28. The minimum atomic E-state index is -4.28. The monoisotopic (exact) mass is 516 g/mol. The van der Waals surface area contributed by atoms with E-state index >= 15 is 0 Å². The van der Waals surface area contributed by atoms with Crippen LogP contribution in [0.4, 0.5) is 10.1 Å². The van der Waals surface area contributed by atoms with Crippen LogP contribution in [0.1, 0.15) is 53.6 Å². The lowest BCUT2D eigenvalue weighted by atomic mass is 9.97. The van der Waals surface area contributed by atoms with Crippen LogP contribution in [0.15, 0.2) is 35.2 Å². The molecule has 3 aliphatic rings. The molecule has 2 aromatic carbocycles. The van der Waals surface area contributed by atoms with Crippen molar-refractivity contribution in [2.24, 2.45) is 11.8 Å². The van der Waals surface area contributed by atoms with Gasteiger partial charge in [0, 0.05) is 24.8 Å². The van der Waals surface area contributed by atoms with Crippen molar-refractivity contribution in [1.29, 1.82) is 0 Å². The average molecular weight is 517 g/mol. The van der Waals surface area contributed by atoms with Gasteiger partial charge in [0.2, 0.25) is 0 Å². The zero-order chi connectivity index (χ0) is 25.6. The average Bonchev–Trinajstić information content (AvgIpc) is 3.48. The lowest BCUT2D eigenvalue weighted by Gasteiger charge is -2.21. The fourth-order valence-electron chi connectivity index (χ4n) is 5.40. The summed E-state index contributed by atoms with van der Waals surface area (Å²) in [5.74, 6) is -1.16. The van der Waals surface area contributed by atoms with Crippen LogP contribution in [0.2, 0.25) is 0 Å². The molecule has 0 amide bonds. The van der Waals surface area contributed by atoms with E-state index in [4.69, 9.17) is 4.74 Å². The van der Waals surface area contributed by atoms with Crippen LogP contribution in [0.3, 0.4) is 0 Å². The minimum Gasteiger partial charge on any atom is -0.492 e. The Morgan fingerprint density at radius 1 is 1.25 bits per heavy atom. The molecule has 10 heteroatoms. The number of aromatic carboxylic acids is 1. The van der Waals surface area contributed by atoms with E-state index in [0.29, 0.717) is 19.1 Å². The van der Waals surface area contributed by atoms with Gasteiger partial charge in [-0.05, 0) is 73.7 Å². The summed E-state index contributed by atoms with van der Waals surface area (Å²) in [6.07, 6.45) is 1.86. The van der Waals surface area contributed by atoms with Gasteiger partial charge >= 0.3 is 5.97 Å². The first-order chi connectivity index (χ1) is 17.2. The number of ketones is 1. The van der Waals surface area contributed by atoms with E-state index in [2.05, 4.69) is 9.62 Å². The first kappa shape index (κ1) is 24.7. The predicted molar refractivity (Wildman–Crippen MR) is 131 cm³/mol. The molecule has 0 spiro atoms. The van der Waals surface area contributed by atoms with Gasteiger partial charge in [0.15, 0.2) is 0 Å². The quantitative estimate of drug-likeness (QED) is 0.523. The van der Waals surface area contributed by atoms with Crippen LogP contribution in [0.25, 0.3) is 0 Å². The summed E-state index contributed by atoms with van der Waals surface area (Å²) in [5, 5.41) is 9.86. The second-order valence-corrected chi connectivity index (χ2v) is 11.5. The van der Waals surface area contributed by atoms with Crippen LogP contribution in [0, 0.1) is 17.7 Å². The Bertz CT molecular complexity index is 1330. The molecule has 1 saturated carbocycles. The van der Waals surface area contributed by atoms with Gasteiger partial charge in [0.1, 0.15) is 22.9 Å². The molecular weight excluding hydrogens is 487 g/mol.